The van der Waals surface area contributed by atoms with Crippen molar-refractivity contribution >= 4 is 21.9 Å². The van der Waals surface area contributed by atoms with Gasteiger partial charge in [0, 0.05) is 29.7 Å². The number of hydrogen-bond acceptors (Lipinski definition) is 6. The van der Waals surface area contributed by atoms with Crippen molar-refractivity contribution in [1.82, 2.24) is 15.3 Å². The summed E-state index contributed by atoms with van der Waals surface area (Å²) in [5.41, 5.74) is 3.74. The number of aryl methyl sites for hydroxylation is 2. The number of rotatable bonds is 3. The van der Waals surface area contributed by atoms with Gasteiger partial charge in [0.15, 0.2) is 0 Å². The van der Waals surface area contributed by atoms with Gasteiger partial charge in [0.25, 0.3) is 15.9 Å². The van der Waals surface area contributed by atoms with E-state index in [0.29, 0.717) is 24.8 Å². The van der Waals surface area contributed by atoms with Gasteiger partial charge in [0.05, 0.1) is 17.2 Å². The van der Waals surface area contributed by atoms with Crippen LogP contribution in [0.25, 0.3) is 11.3 Å². The molecule has 1 aliphatic heterocycles. The second-order valence-electron chi connectivity index (χ2n) is 9.33. The van der Waals surface area contributed by atoms with Crippen molar-refractivity contribution < 1.29 is 17.9 Å². The van der Waals surface area contributed by atoms with Gasteiger partial charge >= 0.3 is 0 Å². The molecule has 1 aliphatic rings. The maximum atomic E-state index is 13.1. The molecular weight excluding hydrogens is 464 g/mol. The lowest BCUT2D eigenvalue weighted by molar-refractivity contribution is 0.0937. The van der Waals surface area contributed by atoms with Crippen molar-refractivity contribution in [2.45, 2.75) is 39.0 Å². The molecule has 0 fully saturated rings. The molecule has 2 aromatic carbocycles. The Morgan fingerprint density at radius 2 is 1.77 bits per heavy atom. The fourth-order valence-corrected chi connectivity index (χ4v) is 5.28. The molecule has 0 spiro atoms. The number of ether oxygens (including phenoxy) is 1. The second kappa shape index (κ2) is 10.0. The molecule has 184 valence electrons. The van der Waals surface area contributed by atoms with Gasteiger partial charge in [0.2, 0.25) is 11.8 Å². The summed E-state index contributed by atoms with van der Waals surface area (Å²) in [7, 11) is -4.05. The molecular formula is C26H30N4O4S. The fraction of sp³-hybridized carbons (Fsp3) is 0.346. The third kappa shape index (κ3) is 5.79. The number of nitrogens with one attached hydrogen (secondary N) is 2. The molecule has 0 unspecified atom stereocenters. The standard InChI is InChI=1S/C26H30N4O4S/c1-16(2)11-19-14-27-25(31)20-9-6-10-21(12-20)35(32,33)30-26-28-22(13-23(29-26)34-15-19)24-17(3)7-5-8-18(24)4/h5-10,12-13,16,19H,11,14-15H2,1-4H3,(H,27,31)(H,28,29,30)/t19-/m0/s1. The summed E-state index contributed by atoms with van der Waals surface area (Å²) in [6, 6.07) is 13.6. The van der Waals surface area contributed by atoms with E-state index in [1.807, 2.05) is 32.0 Å². The number of nitrogens with zero attached hydrogens (tertiary/aromatic N) is 2. The number of carbonyl (C=O) groups excluding carboxylic acids is 1. The Kier molecular flexibility index (Phi) is 7.07. The highest BCUT2D eigenvalue weighted by Crippen LogP contribution is 2.30. The summed E-state index contributed by atoms with van der Waals surface area (Å²) in [5.74, 6) is 0.290. The summed E-state index contributed by atoms with van der Waals surface area (Å²) in [6.45, 7) is 8.91. The number of anilines is 1. The zero-order valence-corrected chi connectivity index (χ0v) is 21.1. The molecule has 1 aromatic heterocycles. The molecule has 0 saturated heterocycles. The minimum Gasteiger partial charge on any atom is -0.477 e. The first kappa shape index (κ1) is 24.7. The van der Waals surface area contributed by atoms with E-state index in [1.165, 1.54) is 12.1 Å². The lowest BCUT2D eigenvalue weighted by Gasteiger charge is -2.21. The molecule has 0 aliphatic carbocycles. The van der Waals surface area contributed by atoms with Crippen LogP contribution in [0.1, 0.15) is 41.8 Å². The summed E-state index contributed by atoms with van der Waals surface area (Å²) in [4.78, 5) is 21.6. The molecule has 1 atom stereocenters. The zero-order valence-electron chi connectivity index (χ0n) is 20.3. The molecule has 35 heavy (non-hydrogen) atoms. The first-order valence-corrected chi connectivity index (χ1v) is 13.1. The minimum absolute atomic E-state index is 0.0452. The maximum absolute atomic E-state index is 13.1. The predicted molar refractivity (Wildman–Crippen MR) is 135 cm³/mol. The van der Waals surface area contributed by atoms with E-state index in [0.717, 1.165) is 23.1 Å². The Morgan fingerprint density at radius 1 is 1.06 bits per heavy atom. The van der Waals surface area contributed by atoms with Crippen LogP contribution < -0.4 is 14.8 Å². The van der Waals surface area contributed by atoms with Crippen LogP contribution in [0.5, 0.6) is 5.88 Å². The average Bonchev–Trinajstić information content (AvgIpc) is 2.79. The van der Waals surface area contributed by atoms with E-state index in [9.17, 15) is 13.2 Å². The molecule has 4 rings (SSSR count). The normalized spacial score (nSPS) is 17.6. The molecule has 3 aromatic rings. The number of sulfonamides is 1. The third-order valence-electron chi connectivity index (χ3n) is 5.90. The second-order valence-corrected chi connectivity index (χ2v) is 11.0. The van der Waals surface area contributed by atoms with Crippen molar-refractivity contribution in [3.63, 3.8) is 0 Å². The average molecular weight is 495 g/mol. The fourth-order valence-electron chi connectivity index (χ4n) is 4.29. The Morgan fingerprint density at radius 3 is 2.49 bits per heavy atom. The summed E-state index contributed by atoms with van der Waals surface area (Å²) in [6.07, 6.45) is 0.842. The van der Waals surface area contributed by atoms with Gasteiger partial charge in [0.1, 0.15) is 0 Å². The van der Waals surface area contributed by atoms with Gasteiger partial charge in [-0.25, -0.2) is 18.1 Å². The molecule has 9 heteroatoms. The number of fused-ring (bicyclic) bond motifs is 4. The molecule has 0 radical (unpaired) electrons. The Hall–Kier alpha value is -3.46. The lowest BCUT2D eigenvalue weighted by atomic mass is 9.97. The van der Waals surface area contributed by atoms with E-state index in [1.54, 1.807) is 18.2 Å². The Labute approximate surface area is 206 Å². The van der Waals surface area contributed by atoms with Crippen LogP contribution >= 0.6 is 0 Å². The molecule has 1 amide bonds. The van der Waals surface area contributed by atoms with E-state index in [2.05, 4.69) is 33.9 Å². The SMILES string of the molecule is Cc1cccc(C)c1-c1cc2nc(n1)NS(=O)(=O)c1cccc(c1)C(=O)NC[C@H](CC(C)C)CO2. The van der Waals surface area contributed by atoms with Crippen molar-refractivity contribution in [3.05, 3.63) is 65.2 Å². The van der Waals surface area contributed by atoms with Gasteiger partial charge in [-0.3, -0.25) is 4.79 Å². The third-order valence-corrected chi connectivity index (χ3v) is 7.22. The maximum Gasteiger partial charge on any atom is 0.264 e. The van der Waals surface area contributed by atoms with E-state index < -0.39 is 10.0 Å². The topological polar surface area (TPSA) is 110 Å². The van der Waals surface area contributed by atoms with Crippen LogP contribution in [0.2, 0.25) is 0 Å². The van der Waals surface area contributed by atoms with Crippen molar-refractivity contribution in [2.24, 2.45) is 11.8 Å². The first-order valence-electron chi connectivity index (χ1n) is 11.6. The van der Waals surface area contributed by atoms with Crippen molar-refractivity contribution in [1.29, 1.82) is 0 Å². The summed E-state index contributed by atoms with van der Waals surface area (Å²) < 4.78 is 34.8. The summed E-state index contributed by atoms with van der Waals surface area (Å²) in [5, 5.41) is 2.92. The van der Waals surface area contributed by atoms with Crippen LogP contribution in [-0.2, 0) is 10.0 Å². The summed E-state index contributed by atoms with van der Waals surface area (Å²) >= 11 is 0. The molecule has 4 bridgehead atoms. The van der Waals surface area contributed by atoms with Gasteiger partial charge in [-0.1, -0.05) is 38.1 Å². The quantitative estimate of drug-likeness (QED) is 0.560. The molecule has 8 nitrogen and oxygen atoms in total. The Balaban J connectivity index is 1.83. The number of hydrogen-bond donors (Lipinski definition) is 2. The van der Waals surface area contributed by atoms with Crippen LogP contribution in [0, 0.1) is 25.7 Å². The minimum atomic E-state index is -4.05. The lowest BCUT2D eigenvalue weighted by Crippen LogP contribution is -2.33. The van der Waals surface area contributed by atoms with Gasteiger partial charge in [-0.05, 0) is 55.5 Å². The largest absolute Gasteiger partial charge is 0.477 e. The Bertz CT molecular complexity index is 1330. The van der Waals surface area contributed by atoms with Gasteiger partial charge < -0.3 is 10.1 Å². The molecule has 2 heterocycles. The van der Waals surface area contributed by atoms with Gasteiger partial charge in [-0.2, -0.15) is 4.98 Å². The number of amides is 1. The smallest absolute Gasteiger partial charge is 0.264 e. The predicted octanol–water partition coefficient (Wildman–Crippen LogP) is 4.35. The van der Waals surface area contributed by atoms with Crippen LogP contribution in [-0.4, -0.2) is 37.4 Å². The monoisotopic (exact) mass is 494 g/mol. The van der Waals surface area contributed by atoms with Gasteiger partial charge in [-0.15, -0.1) is 0 Å². The highest BCUT2D eigenvalue weighted by Gasteiger charge is 2.22. The van der Waals surface area contributed by atoms with Crippen molar-refractivity contribution in [3.8, 4) is 17.1 Å². The van der Waals surface area contributed by atoms with E-state index >= 15 is 0 Å². The van der Waals surface area contributed by atoms with Crippen LogP contribution in [0.3, 0.4) is 0 Å². The number of aromatic nitrogens is 2. The van der Waals surface area contributed by atoms with Crippen LogP contribution in [0.15, 0.2) is 53.4 Å². The van der Waals surface area contributed by atoms with Crippen LogP contribution in [0.4, 0.5) is 5.95 Å². The molecule has 2 N–H and O–H groups in total. The number of carbonyl (C=O) groups is 1. The number of benzene rings is 2. The van der Waals surface area contributed by atoms with Crippen molar-refractivity contribution in [2.75, 3.05) is 17.9 Å². The first-order chi connectivity index (χ1) is 16.6. The zero-order chi connectivity index (χ0) is 25.2. The van der Waals surface area contributed by atoms with E-state index in [4.69, 9.17) is 4.74 Å². The highest BCUT2D eigenvalue weighted by molar-refractivity contribution is 7.92. The molecule has 0 saturated carbocycles. The van der Waals surface area contributed by atoms with E-state index in [-0.39, 0.29) is 34.1 Å². The highest BCUT2D eigenvalue weighted by atomic mass is 32.2.